The molecular formula is C11H11F3N2O3. The van der Waals surface area contributed by atoms with E-state index in [1.165, 1.54) is 0 Å². The van der Waals surface area contributed by atoms with Gasteiger partial charge in [0.15, 0.2) is 5.75 Å². The summed E-state index contributed by atoms with van der Waals surface area (Å²) in [6.07, 6.45) is -7.95. The van der Waals surface area contributed by atoms with E-state index in [0.29, 0.717) is 0 Å². The second-order valence-corrected chi connectivity index (χ2v) is 3.72. The number of anilines is 1. The van der Waals surface area contributed by atoms with Crippen LogP contribution in [0, 0.1) is 11.3 Å². The van der Waals surface area contributed by atoms with Crippen LogP contribution in [0.15, 0.2) is 18.2 Å². The number of nitrogens with zero attached hydrogens (tertiary/aromatic N) is 1. The Labute approximate surface area is 106 Å². The van der Waals surface area contributed by atoms with Crippen molar-refractivity contribution >= 4 is 5.69 Å². The number of aliphatic hydroxyl groups excluding tert-OH is 2. The first kappa shape index (κ1) is 15.1. The Morgan fingerprint density at radius 1 is 1.37 bits per heavy atom. The number of ether oxygens (including phenoxy) is 1. The van der Waals surface area contributed by atoms with Gasteiger partial charge in [-0.25, -0.2) is 0 Å². The van der Waals surface area contributed by atoms with Gasteiger partial charge < -0.3 is 20.7 Å². The molecule has 1 aromatic rings. The quantitative estimate of drug-likeness (QED) is 0.723. The highest BCUT2D eigenvalue weighted by molar-refractivity contribution is 5.54. The lowest BCUT2D eigenvalue weighted by Crippen LogP contribution is -2.19. The number of rotatable bonds is 4. The Bertz CT molecular complexity index is 485. The number of nitriles is 1. The fourth-order valence-electron chi connectivity index (χ4n) is 1.40. The maximum absolute atomic E-state index is 12.0. The highest BCUT2D eigenvalue weighted by Crippen LogP contribution is 2.31. The first-order valence-corrected chi connectivity index (χ1v) is 5.13. The number of halogens is 3. The van der Waals surface area contributed by atoms with Crippen LogP contribution in [0.2, 0.25) is 0 Å². The number of nitrogens with two attached hydrogens (primary N) is 1. The molecule has 8 heteroatoms. The van der Waals surface area contributed by atoms with E-state index in [1.54, 1.807) is 6.07 Å². The van der Waals surface area contributed by atoms with E-state index in [-0.39, 0.29) is 17.7 Å². The van der Waals surface area contributed by atoms with Crippen LogP contribution in [0.4, 0.5) is 18.9 Å². The maximum atomic E-state index is 12.0. The van der Waals surface area contributed by atoms with Crippen LogP contribution in [0.3, 0.4) is 0 Å². The monoisotopic (exact) mass is 276 g/mol. The average Bonchev–Trinajstić information content (AvgIpc) is 2.29. The smallest absolute Gasteiger partial charge is 0.404 e. The van der Waals surface area contributed by atoms with Crippen molar-refractivity contribution in [3.8, 4) is 11.8 Å². The summed E-state index contributed by atoms with van der Waals surface area (Å²) in [5, 5.41) is 27.4. The van der Waals surface area contributed by atoms with Crippen molar-refractivity contribution in [2.75, 3.05) is 5.73 Å². The summed E-state index contributed by atoms with van der Waals surface area (Å²) < 4.78 is 39.7. The molecule has 2 atom stereocenters. The van der Waals surface area contributed by atoms with Gasteiger partial charge in [-0.15, -0.1) is 13.2 Å². The van der Waals surface area contributed by atoms with Crippen molar-refractivity contribution in [3.05, 3.63) is 23.8 Å². The Balaban J connectivity index is 2.91. The molecule has 2 unspecified atom stereocenters. The molecule has 0 aliphatic rings. The normalized spacial score (nSPS) is 14.5. The minimum atomic E-state index is -4.87. The van der Waals surface area contributed by atoms with Gasteiger partial charge in [0, 0.05) is 0 Å². The van der Waals surface area contributed by atoms with Crippen LogP contribution in [0.1, 0.15) is 18.1 Å². The topological polar surface area (TPSA) is 99.5 Å². The van der Waals surface area contributed by atoms with Gasteiger partial charge in [0.05, 0.1) is 24.3 Å². The summed E-state index contributed by atoms with van der Waals surface area (Å²) in [5.41, 5.74) is 5.11. The number of aliphatic hydroxyl groups is 2. The molecule has 0 saturated carbocycles. The van der Waals surface area contributed by atoms with E-state index in [2.05, 4.69) is 4.74 Å². The predicted molar refractivity (Wildman–Crippen MR) is 58.7 cm³/mol. The minimum Gasteiger partial charge on any atom is -0.404 e. The van der Waals surface area contributed by atoms with E-state index in [9.17, 15) is 23.4 Å². The number of nitrogen functional groups attached to an aromatic ring is 1. The zero-order valence-corrected chi connectivity index (χ0v) is 9.55. The van der Waals surface area contributed by atoms with Crippen LogP contribution in [0.5, 0.6) is 5.75 Å². The summed E-state index contributed by atoms with van der Waals surface area (Å²) in [4.78, 5) is 0. The molecule has 0 saturated heterocycles. The molecular weight excluding hydrogens is 265 g/mol. The third-order valence-electron chi connectivity index (χ3n) is 2.27. The molecule has 0 radical (unpaired) electrons. The minimum absolute atomic E-state index is 0.0924. The molecule has 0 bridgehead atoms. The van der Waals surface area contributed by atoms with E-state index in [0.717, 1.165) is 18.2 Å². The second-order valence-electron chi connectivity index (χ2n) is 3.72. The third kappa shape index (κ3) is 4.31. The van der Waals surface area contributed by atoms with Crippen molar-refractivity contribution in [2.45, 2.75) is 25.0 Å². The first-order chi connectivity index (χ1) is 8.74. The molecule has 1 aromatic carbocycles. The second kappa shape index (κ2) is 5.77. The van der Waals surface area contributed by atoms with Crippen molar-refractivity contribution in [3.63, 3.8) is 0 Å². The summed E-state index contributed by atoms with van der Waals surface area (Å²) in [6, 6.07) is 4.77. The largest absolute Gasteiger partial charge is 0.573 e. The fraction of sp³-hybridized carbons (Fsp3) is 0.364. The van der Waals surface area contributed by atoms with Crippen LogP contribution >= 0.6 is 0 Å². The number of alkyl halides is 3. The lowest BCUT2D eigenvalue weighted by Gasteiger charge is -2.17. The summed E-state index contributed by atoms with van der Waals surface area (Å²) >= 11 is 0. The summed E-state index contributed by atoms with van der Waals surface area (Å²) in [7, 11) is 0. The molecule has 0 spiro atoms. The van der Waals surface area contributed by atoms with Gasteiger partial charge in [-0.1, -0.05) is 6.07 Å². The van der Waals surface area contributed by atoms with Crippen molar-refractivity contribution in [2.24, 2.45) is 0 Å². The van der Waals surface area contributed by atoms with Gasteiger partial charge in [0.2, 0.25) is 0 Å². The number of hydrogen-bond donors (Lipinski definition) is 3. The molecule has 104 valence electrons. The first-order valence-electron chi connectivity index (χ1n) is 5.13. The van der Waals surface area contributed by atoms with Gasteiger partial charge >= 0.3 is 6.36 Å². The summed E-state index contributed by atoms with van der Waals surface area (Å²) in [5.74, 6) is -0.599. The van der Waals surface area contributed by atoms with Crippen LogP contribution in [-0.2, 0) is 0 Å². The van der Waals surface area contributed by atoms with Gasteiger partial charge in [-0.3, -0.25) is 0 Å². The van der Waals surface area contributed by atoms with Gasteiger partial charge in [-0.05, 0) is 17.7 Å². The third-order valence-corrected chi connectivity index (χ3v) is 2.27. The molecule has 0 amide bonds. The fourth-order valence-corrected chi connectivity index (χ4v) is 1.40. The number of hydrogen-bond acceptors (Lipinski definition) is 5. The van der Waals surface area contributed by atoms with Crippen LogP contribution < -0.4 is 10.5 Å². The molecule has 4 N–H and O–H groups in total. The average molecular weight is 276 g/mol. The molecule has 0 aliphatic carbocycles. The lowest BCUT2D eigenvalue weighted by molar-refractivity contribution is -0.274. The van der Waals surface area contributed by atoms with Crippen molar-refractivity contribution < 1.29 is 28.1 Å². The van der Waals surface area contributed by atoms with Gasteiger partial charge in [0.1, 0.15) is 6.10 Å². The Morgan fingerprint density at radius 2 is 2.00 bits per heavy atom. The highest BCUT2D eigenvalue weighted by Gasteiger charge is 2.32. The Hall–Kier alpha value is -1.98. The van der Waals surface area contributed by atoms with Crippen LogP contribution in [-0.4, -0.2) is 22.7 Å². The molecule has 0 aromatic heterocycles. The van der Waals surface area contributed by atoms with E-state index >= 15 is 0 Å². The Morgan fingerprint density at radius 3 is 2.47 bits per heavy atom. The molecule has 0 fully saturated rings. The zero-order chi connectivity index (χ0) is 14.6. The highest BCUT2D eigenvalue weighted by atomic mass is 19.4. The summed E-state index contributed by atoms with van der Waals surface area (Å²) in [6.45, 7) is 0. The molecule has 5 nitrogen and oxygen atoms in total. The van der Waals surface area contributed by atoms with Gasteiger partial charge in [-0.2, -0.15) is 5.26 Å². The molecule has 19 heavy (non-hydrogen) atoms. The number of benzene rings is 1. The van der Waals surface area contributed by atoms with Crippen molar-refractivity contribution in [1.82, 2.24) is 0 Å². The standard InChI is InChI=1S/C11H11F3N2O3/c12-11(13,14)19-9-2-1-6(5-7(9)16)10(18)8(17)3-4-15/h1-2,5,8,10,17-18H,3,16H2. The van der Waals surface area contributed by atoms with E-state index in [4.69, 9.17) is 11.0 Å². The maximum Gasteiger partial charge on any atom is 0.573 e. The van der Waals surface area contributed by atoms with Crippen molar-refractivity contribution in [1.29, 1.82) is 5.26 Å². The molecule has 0 aliphatic heterocycles. The SMILES string of the molecule is N#CCC(O)C(O)c1ccc(OC(F)(F)F)c(N)c1. The molecule has 1 rings (SSSR count). The molecule has 0 heterocycles. The van der Waals surface area contributed by atoms with E-state index < -0.39 is 24.3 Å². The predicted octanol–water partition coefficient (Wildman–Crippen LogP) is 1.48. The Kier molecular flexibility index (Phi) is 4.58. The van der Waals surface area contributed by atoms with Crippen LogP contribution in [0.25, 0.3) is 0 Å². The van der Waals surface area contributed by atoms with Gasteiger partial charge in [0.25, 0.3) is 0 Å². The van der Waals surface area contributed by atoms with E-state index in [1.807, 2.05) is 0 Å². The zero-order valence-electron chi connectivity index (χ0n) is 9.55. The lowest BCUT2D eigenvalue weighted by atomic mass is 10.0.